The zero-order valence-corrected chi connectivity index (χ0v) is 12.9. The van der Waals surface area contributed by atoms with E-state index < -0.39 is 0 Å². The molecule has 0 aliphatic carbocycles. The Morgan fingerprint density at radius 2 is 1.95 bits per heavy atom. The van der Waals surface area contributed by atoms with Crippen LogP contribution in [0.1, 0.15) is 38.3 Å². The highest BCUT2D eigenvalue weighted by molar-refractivity contribution is 7.80. The van der Waals surface area contributed by atoms with Gasteiger partial charge in [-0.15, -0.1) is 0 Å². The van der Waals surface area contributed by atoms with Crippen LogP contribution in [-0.2, 0) is 0 Å². The SMILES string of the molecule is CCCN(CCC)C(C(N)=S)c1cccc(OC)c1. The summed E-state index contributed by atoms with van der Waals surface area (Å²) in [5.74, 6) is 0.840. The van der Waals surface area contributed by atoms with Crippen LogP contribution in [0.4, 0.5) is 0 Å². The van der Waals surface area contributed by atoms with Gasteiger partial charge in [0, 0.05) is 0 Å². The van der Waals surface area contributed by atoms with E-state index >= 15 is 0 Å². The van der Waals surface area contributed by atoms with Gasteiger partial charge in [-0.25, -0.2) is 0 Å². The van der Waals surface area contributed by atoms with Crippen molar-refractivity contribution >= 4 is 17.2 Å². The van der Waals surface area contributed by atoms with Crippen LogP contribution in [-0.4, -0.2) is 30.1 Å². The molecule has 0 heterocycles. The molecule has 19 heavy (non-hydrogen) atoms. The number of benzene rings is 1. The molecule has 0 aliphatic rings. The lowest BCUT2D eigenvalue weighted by Gasteiger charge is -2.31. The van der Waals surface area contributed by atoms with Gasteiger partial charge in [0.1, 0.15) is 5.75 Å². The van der Waals surface area contributed by atoms with E-state index in [1.165, 1.54) is 0 Å². The monoisotopic (exact) mass is 280 g/mol. The minimum atomic E-state index is -0.00926. The third-order valence-electron chi connectivity index (χ3n) is 3.07. The molecule has 0 saturated heterocycles. The van der Waals surface area contributed by atoms with E-state index in [1.54, 1.807) is 7.11 Å². The Morgan fingerprint density at radius 1 is 1.32 bits per heavy atom. The number of methoxy groups -OCH3 is 1. The van der Waals surface area contributed by atoms with Crippen molar-refractivity contribution in [3.05, 3.63) is 29.8 Å². The Morgan fingerprint density at radius 3 is 2.42 bits per heavy atom. The molecule has 4 heteroatoms. The fourth-order valence-electron chi connectivity index (χ4n) is 2.31. The van der Waals surface area contributed by atoms with Gasteiger partial charge in [-0.05, 0) is 43.6 Å². The molecule has 1 unspecified atom stereocenters. The van der Waals surface area contributed by atoms with Crippen LogP contribution in [0.5, 0.6) is 5.75 Å². The Balaban J connectivity index is 3.06. The molecule has 1 aromatic carbocycles. The first kappa shape index (κ1) is 15.9. The molecule has 1 aromatic rings. The second-order valence-corrected chi connectivity index (χ2v) is 5.09. The summed E-state index contributed by atoms with van der Waals surface area (Å²) < 4.78 is 5.28. The van der Waals surface area contributed by atoms with Gasteiger partial charge in [0.25, 0.3) is 0 Å². The van der Waals surface area contributed by atoms with Crippen molar-refractivity contribution in [2.75, 3.05) is 20.2 Å². The van der Waals surface area contributed by atoms with E-state index in [4.69, 9.17) is 22.7 Å². The summed E-state index contributed by atoms with van der Waals surface area (Å²) >= 11 is 5.28. The zero-order valence-electron chi connectivity index (χ0n) is 12.1. The third-order valence-corrected chi connectivity index (χ3v) is 3.29. The van der Waals surface area contributed by atoms with Crippen LogP contribution >= 0.6 is 12.2 Å². The summed E-state index contributed by atoms with van der Waals surface area (Å²) in [6.45, 7) is 6.33. The normalized spacial score (nSPS) is 12.4. The van der Waals surface area contributed by atoms with Gasteiger partial charge in [0.2, 0.25) is 0 Å². The van der Waals surface area contributed by atoms with Crippen molar-refractivity contribution in [2.45, 2.75) is 32.7 Å². The van der Waals surface area contributed by atoms with Gasteiger partial charge in [-0.3, -0.25) is 4.90 Å². The molecule has 2 N–H and O–H groups in total. The maximum atomic E-state index is 5.97. The fraction of sp³-hybridized carbons (Fsp3) is 0.533. The molecule has 0 aliphatic heterocycles. The van der Waals surface area contributed by atoms with Crippen LogP contribution in [0.2, 0.25) is 0 Å². The van der Waals surface area contributed by atoms with Crippen LogP contribution in [0.15, 0.2) is 24.3 Å². The van der Waals surface area contributed by atoms with Gasteiger partial charge in [0.15, 0.2) is 0 Å². The standard InChI is InChI=1S/C15H24N2OS/c1-4-9-17(10-5-2)14(15(16)19)12-7-6-8-13(11-12)18-3/h6-8,11,14H,4-5,9-10H2,1-3H3,(H2,16,19). The van der Waals surface area contributed by atoms with Crippen molar-refractivity contribution < 1.29 is 4.74 Å². The largest absolute Gasteiger partial charge is 0.497 e. The molecule has 3 nitrogen and oxygen atoms in total. The molecule has 0 saturated carbocycles. The molecule has 0 radical (unpaired) electrons. The third kappa shape index (κ3) is 4.48. The summed E-state index contributed by atoms with van der Waals surface area (Å²) in [6, 6.07) is 7.98. The van der Waals surface area contributed by atoms with Crippen LogP contribution in [0.25, 0.3) is 0 Å². The number of ether oxygens (including phenoxy) is 1. The second kappa shape index (κ2) is 8.12. The Bertz CT molecular complexity index is 403. The van der Waals surface area contributed by atoms with Crippen molar-refractivity contribution in [1.29, 1.82) is 0 Å². The maximum Gasteiger partial charge on any atom is 0.119 e. The Hall–Kier alpha value is -1.13. The molecule has 0 amide bonds. The fourth-order valence-corrected chi connectivity index (χ4v) is 2.60. The molecular weight excluding hydrogens is 256 g/mol. The number of thiocarbonyl (C=S) groups is 1. The highest BCUT2D eigenvalue weighted by atomic mass is 32.1. The maximum absolute atomic E-state index is 5.97. The lowest BCUT2D eigenvalue weighted by Crippen LogP contribution is -2.38. The molecule has 1 atom stereocenters. The molecular formula is C15H24N2OS. The number of hydrogen-bond acceptors (Lipinski definition) is 3. The summed E-state index contributed by atoms with van der Waals surface area (Å²) in [6.07, 6.45) is 2.17. The van der Waals surface area contributed by atoms with Crippen molar-refractivity contribution in [3.63, 3.8) is 0 Å². The first-order valence-corrected chi connectivity index (χ1v) is 7.22. The number of nitrogens with two attached hydrogens (primary N) is 1. The van der Waals surface area contributed by atoms with E-state index in [2.05, 4.69) is 24.8 Å². The predicted octanol–water partition coefficient (Wildman–Crippen LogP) is 3.14. The lowest BCUT2D eigenvalue weighted by atomic mass is 10.0. The molecule has 0 aromatic heterocycles. The Kier molecular flexibility index (Phi) is 6.81. The summed E-state index contributed by atoms with van der Waals surface area (Å²) in [5, 5.41) is 0. The van der Waals surface area contributed by atoms with Crippen molar-refractivity contribution in [2.24, 2.45) is 5.73 Å². The average molecular weight is 280 g/mol. The summed E-state index contributed by atoms with van der Waals surface area (Å²) in [5.41, 5.74) is 7.08. The van der Waals surface area contributed by atoms with E-state index in [1.807, 2.05) is 18.2 Å². The average Bonchev–Trinajstić information content (AvgIpc) is 2.39. The van der Waals surface area contributed by atoms with E-state index in [-0.39, 0.29) is 6.04 Å². The van der Waals surface area contributed by atoms with Gasteiger partial charge in [0.05, 0.1) is 18.1 Å². The van der Waals surface area contributed by atoms with E-state index in [0.717, 1.165) is 37.2 Å². The molecule has 0 fully saturated rings. The van der Waals surface area contributed by atoms with Crippen LogP contribution in [0.3, 0.4) is 0 Å². The topological polar surface area (TPSA) is 38.5 Å². The first-order chi connectivity index (χ1) is 9.13. The molecule has 0 bridgehead atoms. The number of hydrogen-bond donors (Lipinski definition) is 1. The predicted molar refractivity (Wildman–Crippen MR) is 84.7 cm³/mol. The van der Waals surface area contributed by atoms with E-state index in [9.17, 15) is 0 Å². The quantitative estimate of drug-likeness (QED) is 0.742. The van der Waals surface area contributed by atoms with Crippen molar-refractivity contribution in [3.8, 4) is 5.75 Å². The lowest BCUT2D eigenvalue weighted by molar-refractivity contribution is 0.245. The van der Waals surface area contributed by atoms with Gasteiger partial charge < -0.3 is 10.5 Å². The molecule has 106 valence electrons. The second-order valence-electron chi connectivity index (χ2n) is 4.62. The van der Waals surface area contributed by atoms with Gasteiger partial charge in [-0.1, -0.05) is 38.2 Å². The summed E-state index contributed by atoms with van der Waals surface area (Å²) in [4.78, 5) is 2.87. The number of nitrogens with zero attached hydrogens (tertiary/aromatic N) is 1. The summed E-state index contributed by atoms with van der Waals surface area (Å²) in [7, 11) is 1.67. The van der Waals surface area contributed by atoms with E-state index in [0.29, 0.717) is 4.99 Å². The van der Waals surface area contributed by atoms with Crippen molar-refractivity contribution in [1.82, 2.24) is 4.90 Å². The number of rotatable bonds is 8. The zero-order chi connectivity index (χ0) is 14.3. The highest BCUT2D eigenvalue weighted by Gasteiger charge is 2.22. The van der Waals surface area contributed by atoms with Crippen LogP contribution < -0.4 is 10.5 Å². The van der Waals surface area contributed by atoms with Gasteiger partial charge >= 0.3 is 0 Å². The van der Waals surface area contributed by atoms with Gasteiger partial charge in [-0.2, -0.15) is 0 Å². The molecule has 0 spiro atoms. The van der Waals surface area contributed by atoms with Crippen LogP contribution in [0, 0.1) is 0 Å². The minimum Gasteiger partial charge on any atom is -0.497 e. The Labute approximate surface area is 121 Å². The minimum absolute atomic E-state index is 0.00926. The highest BCUT2D eigenvalue weighted by Crippen LogP contribution is 2.25. The molecule has 1 rings (SSSR count). The smallest absolute Gasteiger partial charge is 0.119 e. The first-order valence-electron chi connectivity index (χ1n) is 6.81.